The van der Waals surface area contributed by atoms with Crippen LogP contribution in [-0.2, 0) is 11.3 Å². The number of rotatable bonds is 5. The summed E-state index contributed by atoms with van der Waals surface area (Å²) in [5.41, 5.74) is 6.52. The molecule has 5 heteroatoms. The number of aryl methyl sites for hydroxylation is 1. The Labute approximate surface area is 82.5 Å². The largest absolute Gasteiger partial charge is 0.481 e. The number of carboxylic acids is 1. The van der Waals surface area contributed by atoms with Crippen molar-refractivity contribution < 1.29 is 9.90 Å². The van der Waals surface area contributed by atoms with E-state index in [0.29, 0.717) is 0 Å². The Hall–Kier alpha value is -1.36. The summed E-state index contributed by atoms with van der Waals surface area (Å²) in [5, 5.41) is 12.7. The average Bonchev–Trinajstić information content (AvgIpc) is 2.51. The van der Waals surface area contributed by atoms with E-state index in [9.17, 15) is 4.79 Å². The molecule has 1 aromatic rings. The highest BCUT2D eigenvalue weighted by atomic mass is 16.4. The van der Waals surface area contributed by atoms with Gasteiger partial charge in [-0.3, -0.25) is 9.48 Å². The van der Waals surface area contributed by atoms with Crippen molar-refractivity contribution in [3.8, 4) is 0 Å². The Bertz CT molecular complexity index is 309. The predicted molar refractivity (Wildman–Crippen MR) is 51.7 cm³/mol. The highest BCUT2D eigenvalue weighted by Gasteiger charge is 2.14. The van der Waals surface area contributed by atoms with Crippen LogP contribution < -0.4 is 5.73 Å². The lowest BCUT2D eigenvalue weighted by molar-refractivity contribution is -0.137. The normalized spacial score (nSPS) is 12.7. The van der Waals surface area contributed by atoms with Gasteiger partial charge in [0.1, 0.15) is 0 Å². The maximum atomic E-state index is 10.5. The minimum Gasteiger partial charge on any atom is -0.481 e. The lowest BCUT2D eigenvalue weighted by Gasteiger charge is -2.11. The second-order valence-electron chi connectivity index (χ2n) is 3.18. The maximum absolute atomic E-state index is 10.5. The van der Waals surface area contributed by atoms with Crippen LogP contribution in [0.4, 0.5) is 0 Å². The molecule has 3 N–H and O–H groups in total. The van der Waals surface area contributed by atoms with E-state index in [0.717, 1.165) is 18.7 Å². The molecule has 78 valence electrons. The van der Waals surface area contributed by atoms with E-state index in [-0.39, 0.29) is 6.42 Å². The van der Waals surface area contributed by atoms with Crippen molar-refractivity contribution in [2.45, 2.75) is 32.4 Å². The van der Waals surface area contributed by atoms with Gasteiger partial charge in [0, 0.05) is 12.7 Å². The average molecular weight is 197 g/mol. The molecular formula is C9H15N3O2. The number of hydrogen-bond acceptors (Lipinski definition) is 3. The minimum absolute atomic E-state index is 0.0601. The fourth-order valence-electron chi connectivity index (χ4n) is 1.35. The third-order valence-electron chi connectivity index (χ3n) is 1.96. The highest BCUT2D eigenvalue weighted by molar-refractivity contribution is 5.67. The molecule has 0 aliphatic rings. The van der Waals surface area contributed by atoms with Crippen LogP contribution in [0.25, 0.3) is 0 Å². The van der Waals surface area contributed by atoms with Gasteiger partial charge in [-0.15, -0.1) is 0 Å². The van der Waals surface area contributed by atoms with E-state index in [1.807, 2.05) is 6.92 Å². The molecule has 0 saturated carbocycles. The molecule has 1 rings (SSSR count). The first-order valence-corrected chi connectivity index (χ1v) is 4.64. The van der Waals surface area contributed by atoms with E-state index in [4.69, 9.17) is 10.8 Å². The van der Waals surface area contributed by atoms with Gasteiger partial charge in [0.05, 0.1) is 18.2 Å². The van der Waals surface area contributed by atoms with Crippen LogP contribution in [-0.4, -0.2) is 20.9 Å². The summed E-state index contributed by atoms with van der Waals surface area (Å²) in [6.45, 7) is 2.81. The standard InChI is InChI=1S/C9H15N3O2/c1-2-5-12-8(3-4-11-12)7(10)6-9(13)14/h3-4,7H,2,5-6,10H2,1H3,(H,13,14)/t7-/m0/s1. The fourth-order valence-corrected chi connectivity index (χ4v) is 1.35. The van der Waals surface area contributed by atoms with Crippen LogP contribution in [0.5, 0.6) is 0 Å². The van der Waals surface area contributed by atoms with Crippen molar-refractivity contribution in [1.82, 2.24) is 9.78 Å². The van der Waals surface area contributed by atoms with Crippen molar-refractivity contribution in [1.29, 1.82) is 0 Å². The lowest BCUT2D eigenvalue weighted by Crippen LogP contribution is -2.19. The SMILES string of the molecule is CCCn1nccc1[C@@H](N)CC(=O)O. The number of carbonyl (C=O) groups is 1. The molecule has 0 amide bonds. The van der Waals surface area contributed by atoms with E-state index in [1.54, 1.807) is 16.9 Å². The topological polar surface area (TPSA) is 81.1 Å². The molecule has 1 aromatic heterocycles. The lowest BCUT2D eigenvalue weighted by atomic mass is 10.1. The Morgan fingerprint density at radius 1 is 1.79 bits per heavy atom. The van der Waals surface area contributed by atoms with Crippen LogP contribution in [0.15, 0.2) is 12.3 Å². The van der Waals surface area contributed by atoms with Crippen molar-refractivity contribution >= 4 is 5.97 Å². The predicted octanol–water partition coefficient (Wildman–Crippen LogP) is 0.768. The van der Waals surface area contributed by atoms with Gasteiger partial charge in [0.25, 0.3) is 0 Å². The van der Waals surface area contributed by atoms with Gasteiger partial charge in [0.15, 0.2) is 0 Å². The number of carboxylic acid groups (broad SMARTS) is 1. The second kappa shape index (κ2) is 4.76. The van der Waals surface area contributed by atoms with Gasteiger partial charge < -0.3 is 10.8 Å². The first-order chi connectivity index (χ1) is 6.65. The summed E-state index contributed by atoms with van der Waals surface area (Å²) in [5.74, 6) is -0.887. The summed E-state index contributed by atoms with van der Waals surface area (Å²) in [4.78, 5) is 10.5. The van der Waals surface area contributed by atoms with Gasteiger partial charge in [0.2, 0.25) is 0 Å². The first kappa shape index (κ1) is 10.7. The van der Waals surface area contributed by atoms with Crippen LogP contribution in [0.3, 0.4) is 0 Å². The van der Waals surface area contributed by atoms with Gasteiger partial charge in [-0.1, -0.05) is 6.92 Å². The Morgan fingerprint density at radius 2 is 2.50 bits per heavy atom. The summed E-state index contributed by atoms with van der Waals surface area (Å²) in [6.07, 6.45) is 2.54. The molecule has 0 bridgehead atoms. The van der Waals surface area contributed by atoms with Crippen LogP contribution in [0.2, 0.25) is 0 Å². The number of nitrogens with zero attached hydrogens (tertiary/aromatic N) is 2. The Balaban J connectivity index is 2.72. The molecule has 5 nitrogen and oxygen atoms in total. The van der Waals surface area contributed by atoms with E-state index in [2.05, 4.69) is 5.10 Å². The zero-order valence-corrected chi connectivity index (χ0v) is 8.18. The quantitative estimate of drug-likeness (QED) is 0.730. The molecule has 0 saturated heterocycles. The summed E-state index contributed by atoms with van der Waals surface area (Å²) < 4.78 is 1.76. The molecule has 0 unspecified atom stereocenters. The molecule has 0 aliphatic heterocycles. The van der Waals surface area contributed by atoms with Gasteiger partial charge >= 0.3 is 5.97 Å². The van der Waals surface area contributed by atoms with Crippen molar-refractivity contribution in [3.05, 3.63) is 18.0 Å². The monoisotopic (exact) mass is 197 g/mol. The van der Waals surface area contributed by atoms with Gasteiger partial charge in [-0.05, 0) is 12.5 Å². The third kappa shape index (κ3) is 2.56. The number of aromatic nitrogens is 2. The van der Waals surface area contributed by atoms with Crippen molar-refractivity contribution in [2.75, 3.05) is 0 Å². The molecule has 0 aliphatic carbocycles. The van der Waals surface area contributed by atoms with Gasteiger partial charge in [-0.2, -0.15) is 5.10 Å². The number of nitrogens with two attached hydrogens (primary N) is 1. The maximum Gasteiger partial charge on any atom is 0.305 e. The second-order valence-corrected chi connectivity index (χ2v) is 3.18. The fraction of sp³-hybridized carbons (Fsp3) is 0.556. The molecule has 0 spiro atoms. The molecule has 1 atom stereocenters. The van der Waals surface area contributed by atoms with Crippen LogP contribution >= 0.6 is 0 Å². The number of aliphatic carboxylic acids is 1. The summed E-state index contributed by atoms with van der Waals surface area (Å²) in [6, 6.07) is 1.30. The molecular weight excluding hydrogens is 182 g/mol. The third-order valence-corrected chi connectivity index (χ3v) is 1.96. The van der Waals surface area contributed by atoms with Gasteiger partial charge in [-0.25, -0.2) is 0 Å². The van der Waals surface area contributed by atoms with E-state index >= 15 is 0 Å². The first-order valence-electron chi connectivity index (χ1n) is 4.64. The van der Waals surface area contributed by atoms with Crippen molar-refractivity contribution in [3.63, 3.8) is 0 Å². The zero-order chi connectivity index (χ0) is 10.6. The highest BCUT2D eigenvalue weighted by Crippen LogP contribution is 2.13. The number of hydrogen-bond donors (Lipinski definition) is 2. The molecule has 0 aromatic carbocycles. The molecule has 0 radical (unpaired) electrons. The van der Waals surface area contributed by atoms with Crippen LogP contribution in [0.1, 0.15) is 31.5 Å². The molecule has 1 heterocycles. The smallest absolute Gasteiger partial charge is 0.305 e. The summed E-state index contributed by atoms with van der Waals surface area (Å²) in [7, 11) is 0. The van der Waals surface area contributed by atoms with Crippen LogP contribution in [0, 0.1) is 0 Å². The van der Waals surface area contributed by atoms with Crippen molar-refractivity contribution in [2.24, 2.45) is 5.73 Å². The Kier molecular flexibility index (Phi) is 3.64. The molecule has 0 fully saturated rings. The van der Waals surface area contributed by atoms with E-state index in [1.165, 1.54) is 0 Å². The zero-order valence-electron chi connectivity index (χ0n) is 8.18. The molecule has 14 heavy (non-hydrogen) atoms. The summed E-state index contributed by atoms with van der Waals surface area (Å²) >= 11 is 0. The minimum atomic E-state index is -0.887. The van der Waals surface area contributed by atoms with E-state index < -0.39 is 12.0 Å². The Morgan fingerprint density at radius 3 is 3.07 bits per heavy atom.